The zero-order valence-electron chi connectivity index (χ0n) is 14.1. The second kappa shape index (κ2) is 7.10. The molecule has 1 aromatic carbocycles. The quantitative estimate of drug-likeness (QED) is 0.679. The van der Waals surface area contributed by atoms with Crippen LogP contribution in [0.2, 0.25) is 5.02 Å². The molecule has 1 aliphatic carbocycles. The molecule has 0 bridgehead atoms. The molecular weight excluding hydrogens is 308 g/mol. The molecule has 2 fully saturated rings. The molecule has 2 unspecified atom stereocenters. The molecule has 1 aliphatic heterocycles. The summed E-state index contributed by atoms with van der Waals surface area (Å²) < 4.78 is 0. The van der Waals surface area contributed by atoms with E-state index in [1.54, 1.807) is 0 Å². The van der Waals surface area contributed by atoms with Crippen molar-refractivity contribution in [3.63, 3.8) is 0 Å². The maximum atomic E-state index is 6.20. The van der Waals surface area contributed by atoms with Gasteiger partial charge < -0.3 is 10.6 Å². The van der Waals surface area contributed by atoms with Crippen molar-refractivity contribution in [2.75, 3.05) is 27.2 Å². The Balaban J connectivity index is 1.74. The van der Waals surface area contributed by atoms with Crippen molar-refractivity contribution in [1.29, 1.82) is 0 Å². The number of nitrogens with zero attached hydrogens (tertiary/aromatic N) is 3. The third-order valence-electron chi connectivity index (χ3n) is 5.14. The molecule has 5 heteroatoms. The van der Waals surface area contributed by atoms with Crippen molar-refractivity contribution >= 4 is 17.6 Å². The summed E-state index contributed by atoms with van der Waals surface area (Å²) in [4.78, 5) is 9.25. The Kier molecular flexibility index (Phi) is 5.12. The Labute approximate surface area is 144 Å². The Morgan fingerprint density at radius 3 is 2.87 bits per heavy atom. The van der Waals surface area contributed by atoms with E-state index < -0.39 is 0 Å². The molecule has 1 saturated heterocycles. The number of rotatable bonds is 4. The minimum absolute atomic E-state index is 0.366. The number of halogens is 1. The van der Waals surface area contributed by atoms with Crippen LogP contribution in [0.1, 0.15) is 37.3 Å². The normalized spacial score (nSPS) is 26.3. The fourth-order valence-corrected chi connectivity index (χ4v) is 3.84. The highest BCUT2D eigenvalue weighted by molar-refractivity contribution is 6.30. The Morgan fingerprint density at radius 1 is 1.39 bits per heavy atom. The lowest BCUT2D eigenvalue weighted by molar-refractivity contribution is 0.125. The van der Waals surface area contributed by atoms with E-state index in [9.17, 15) is 0 Å². The van der Waals surface area contributed by atoms with Gasteiger partial charge >= 0.3 is 0 Å². The van der Waals surface area contributed by atoms with E-state index in [0.717, 1.165) is 18.1 Å². The third-order valence-corrected chi connectivity index (χ3v) is 5.38. The van der Waals surface area contributed by atoms with Gasteiger partial charge in [-0.1, -0.05) is 23.7 Å². The molecule has 23 heavy (non-hydrogen) atoms. The van der Waals surface area contributed by atoms with Crippen LogP contribution >= 0.6 is 11.6 Å². The van der Waals surface area contributed by atoms with Gasteiger partial charge in [-0.3, -0.25) is 9.89 Å². The minimum Gasteiger partial charge on any atom is -0.370 e. The first-order valence-electron chi connectivity index (χ1n) is 8.54. The predicted molar refractivity (Wildman–Crippen MR) is 96.8 cm³/mol. The molecule has 126 valence electrons. The molecule has 1 heterocycles. The van der Waals surface area contributed by atoms with Gasteiger partial charge in [0.25, 0.3) is 0 Å². The van der Waals surface area contributed by atoms with Gasteiger partial charge in [-0.05, 0) is 62.9 Å². The first kappa shape index (κ1) is 16.6. The first-order valence-corrected chi connectivity index (χ1v) is 8.92. The van der Waals surface area contributed by atoms with E-state index >= 15 is 0 Å². The number of hydrogen-bond donors (Lipinski definition) is 1. The molecule has 2 atom stereocenters. The predicted octanol–water partition coefficient (Wildman–Crippen LogP) is 3.13. The molecule has 1 saturated carbocycles. The average molecular weight is 335 g/mol. The van der Waals surface area contributed by atoms with Gasteiger partial charge in [0.05, 0.1) is 0 Å². The largest absolute Gasteiger partial charge is 0.370 e. The second-order valence-electron chi connectivity index (χ2n) is 6.92. The van der Waals surface area contributed by atoms with Crippen molar-refractivity contribution in [2.45, 2.75) is 37.8 Å². The van der Waals surface area contributed by atoms with Gasteiger partial charge in [0.15, 0.2) is 5.96 Å². The van der Waals surface area contributed by atoms with Gasteiger partial charge in [-0.25, -0.2) is 0 Å². The molecule has 3 rings (SSSR count). The Hall–Kier alpha value is -1.26. The van der Waals surface area contributed by atoms with Crippen LogP contribution in [0.4, 0.5) is 0 Å². The summed E-state index contributed by atoms with van der Waals surface area (Å²) in [5.74, 6) is 1.17. The highest BCUT2D eigenvalue weighted by Gasteiger charge is 2.31. The number of aliphatic imine (C=N–C) groups is 1. The summed E-state index contributed by atoms with van der Waals surface area (Å²) in [5, 5.41) is 0.803. The topological polar surface area (TPSA) is 44.9 Å². The Morgan fingerprint density at radius 2 is 2.17 bits per heavy atom. The standard InChI is InChI=1S/C18H27ClN4/c1-22-10-4-6-14(12-21-18(20)23(2)16-8-9-16)17(22)13-5-3-7-15(19)11-13/h3,5,7,11,14,16-17H,4,6,8-10,12H2,1-2H3,(H2,20,21). The zero-order valence-corrected chi connectivity index (χ0v) is 14.8. The molecule has 0 amide bonds. The number of likely N-dealkylation sites (tertiary alicyclic amines) is 1. The fraction of sp³-hybridized carbons (Fsp3) is 0.611. The summed E-state index contributed by atoms with van der Waals surface area (Å²) in [6, 6.07) is 9.21. The molecule has 0 spiro atoms. The number of hydrogen-bond acceptors (Lipinski definition) is 2. The van der Waals surface area contributed by atoms with Crippen LogP contribution in [0, 0.1) is 5.92 Å². The summed E-state index contributed by atoms with van der Waals surface area (Å²) in [7, 11) is 4.25. The average Bonchev–Trinajstić information content (AvgIpc) is 3.36. The molecule has 1 aromatic rings. The van der Waals surface area contributed by atoms with Crippen LogP contribution in [-0.4, -0.2) is 49.0 Å². The van der Waals surface area contributed by atoms with E-state index in [2.05, 4.69) is 36.0 Å². The fourth-order valence-electron chi connectivity index (χ4n) is 3.64. The lowest BCUT2D eigenvalue weighted by Crippen LogP contribution is -2.39. The maximum Gasteiger partial charge on any atom is 0.191 e. The molecule has 4 nitrogen and oxygen atoms in total. The highest BCUT2D eigenvalue weighted by atomic mass is 35.5. The van der Waals surface area contributed by atoms with Crippen molar-refractivity contribution < 1.29 is 0 Å². The lowest BCUT2D eigenvalue weighted by atomic mass is 9.85. The van der Waals surface area contributed by atoms with Crippen LogP contribution in [0.3, 0.4) is 0 Å². The van der Waals surface area contributed by atoms with Gasteiger partial charge in [0.1, 0.15) is 0 Å². The number of benzene rings is 1. The van der Waals surface area contributed by atoms with Gasteiger partial charge in [0.2, 0.25) is 0 Å². The van der Waals surface area contributed by atoms with E-state index in [-0.39, 0.29) is 0 Å². The van der Waals surface area contributed by atoms with Crippen LogP contribution in [-0.2, 0) is 0 Å². The van der Waals surface area contributed by atoms with E-state index in [1.807, 2.05) is 12.1 Å². The first-order chi connectivity index (χ1) is 11.1. The van der Waals surface area contributed by atoms with Crippen molar-refractivity contribution in [2.24, 2.45) is 16.6 Å². The molecule has 0 radical (unpaired) electrons. The van der Waals surface area contributed by atoms with Gasteiger partial charge in [-0.2, -0.15) is 0 Å². The maximum absolute atomic E-state index is 6.20. The van der Waals surface area contributed by atoms with E-state index in [0.29, 0.717) is 24.0 Å². The van der Waals surface area contributed by atoms with E-state index in [4.69, 9.17) is 22.3 Å². The SMILES string of the molecule is CN1CCCC(CN=C(N)N(C)C2CC2)C1c1cccc(Cl)c1. The van der Waals surface area contributed by atoms with Crippen LogP contribution in [0.15, 0.2) is 29.3 Å². The van der Waals surface area contributed by atoms with Crippen LogP contribution in [0.25, 0.3) is 0 Å². The zero-order chi connectivity index (χ0) is 16.4. The number of piperidine rings is 1. The lowest BCUT2D eigenvalue weighted by Gasteiger charge is -2.39. The summed E-state index contributed by atoms with van der Waals surface area (Å²) in [6.07, 6.45) is 4.88. The minimum atomic E-state index is 0.366. The monoisotopic (exact) mass is 334 g/mol. The van der Waals surface area contributed by atoms with Crippen LogP contribution in [0.5, 0.6) is 0 Å². The summed E-state index contributed by atoms with van der Waals surface area (Å²) in [5.41, 5.74) is 7.45. The Bertz CT molecular complexity index is 570. The molecule has 2 aliphatic rings. The third kappa shape index (κ3) is 3.99. The molecular formula is C18H27ClN4. The van der Waals surface area contributed by atoms with E-state index in [1.165, 1.54) is 31.2 Å². The van der Waals surface area contributed by atoms with Crippen molar-refractivity contribution in [3.8, 4) is 0 Å². The summed E-state index contributed by atoms with van der Waals surface area (Å²) >= 11 is 6.20. The summed E-state index contributed by atoms with van der Waals surface area (Å²) in [6.45, 7) is 1.90. The molecule has 0 aromatic heterocycles. The smallest absolute Gasteiger partial charge is 0.191 e. The second-order valence-corrected chi connectivity index (χ2v) is 7.36. The number of guanidine groups is 1. The highest BCUT2D eigenvalue weighted by Crippen LogP contribution is 2.36. The van der Waals surface area contributed by atoms with Gasteiger partial charge in [0, 0.05) is 30.7 Å². The van der Waals surface area contributed by atoms with Gasteiger partial charge in [-0.15, -0.1) is 0 Å². The van der Waals surface area contributed by atoms with Crippen LogP contribution < -0.4 is 5.73 Å². The number of nitrogens with two attached hydrogens (primary N) is 1. The molecule has 2 N–H and O–H groups in total. The van der Waals surface area contributed by atoms with Crippen molar-refractivity contribution in [1.82, 2.24) is 9.80 Å². The van der Waals surface area contributed by atoms with Crippen molar-refractivity contribution in [3.05, 3.63) is 34.9 Å².